The molecule has 0 bridgehead atoms. The second-order valence-corrected chi connectivity index (χ2v) is 3.19. The highest BCUT2D eigenvalue weighted by Crippen LogP contribution is 2.09. The molecule has 0 rings (SSSR count). The number of hydrogen-bond acceptors (Lipinski definition) is 2. The van der Waals surface area contributed by atoms with Crippen molar-refractivity contribution in [1.29, 1.82) is 0 Å². The first kappa shape index (κ1) is 12.5. The lowest BCUT2D eigenvalue weighted by atomic mass is 10.1. The highest BCUT2D eigenvalue weighted by molar-refractivity contribution is 5.73. The number of carbonyl (C=O) groups is 1. The van der Waals surface area contributed by atoms with Gasteiger partial charge in [0.2, 0.25) is 5.91 Å². The van der Waals surface area contributed by atoms with Crippen LogP contribution in [0, 0.1) is 0 Å². The van der Waals surface area contributed by atoms with Crippen LogP contribution in [0.1, 0.15) is 20.3 Å². The zero-order chi connectivity index (χ0) is 11.1. The lowest BCUT2D eigenvalue weighted by Gasteiger charge is -2.12. The van der Waals surface area contributed by atoms with E-state index in [0.717, 1.165) is 16.8 Å². The third kappa shape index (κ3) is 4.50. The number of amides is 1. The van der Waals surface area contributed by atoms with Crippen molar-refractivity contribution in [2.45, 2.75) is 20.3 Å². The normalized spacial score (nSPS) is 11.6. The van der Waals surface area contributed by atoms with E-state index in [4.69, 9.17) is 5.73 Å². The van der Waals surface area contributed by atoms with Crippen LogP contribution < -0.4 is 11.1 Å². The SMILES string of the molecule is C=C/C(C)=C(/NCCC(N)=O)C(=C)C. The second-order valence-electron chi connectivity index (χ2n) is 3.19. The predicted molar refractivity (Wildman–Crippen MR) is 59.5 cm³/mol. The number of primary amides is 1. The van der Waals surface area contributed by atoms with Gasteiger partial charge in [-0.05, 0) is 25.0 Å². The van der Waals surface area contributed by atoms with E-state index < -0.39 is 0 Å². The Bertz CT molecular complexity index is 277. The molecule has 0 aromatic heterocycles. The highest BCUT2D eigenvalue weighted by atomic mass is 16.1. The minimum Gasteiger partial charge on any atom is -0.384 e. The maximum Gasteiger partial charge on any atom is 0.219 e. The Labute approximate surface area is 85.4 Å². The predicted octanol–water partition coefficient (Wildman–Crippen LogP) is 1.49. The maximum atomic E-state index is 10.5. The molecule has 14 heavy (non-hydrogen) atoms. The van der Waals surface area contributed by atoms with E-state index >= 15 is 0 Å². The summed E-state index contributed by atoms with van der Waals surface area (Å²) in [5.41, 5.74) is 7.90. The van der Waals surface area contributed by atoms with Crippen LogP contribution >= 0.6 is 0 Å². The Kier molecular flexibility index (Phi) is 5.37. The average Bonchev–Trinajstić information content (AvgIpc) is 2.10. The molecule has 0 unspecified atom stereocenters. The monoisotopic (exact) mass is 194 g/mol. The summed E-state index contributed by atoms with van der Waals surface area (Å²) in [6, 6.07) is 0. The molecule has 3 heteroatoms. The molecule has 0 saturated carbocycles. The van der Waals surface area contributed by atoms with Crippen molar-refractivity contribution in [3.63, 3.8) is 0 Å². The topological polar surface area (TPSA) is 55.1 Å². The van der Waals surface area contributed by atoms with E-state index in [1.165, 1.54) is 0 Å². The van der Waals surface area contributed by atoms with Gasteiger partial charge in [-0.3, -0.25) is 4.79 Å². The molecule has 0 aliphatic heterocycles. The molecule has 3 nitrogen and oxygen atoms in total. The summed E-state index contributed by atoms with van der Waals surface area (Å²) >= 11 is 0. The van der Waals surface area contributed by atoms with Crippen molar-refractivity contribution in [3.05, 3.63) is 36.1 Å². The molecule has 0 spiro atoms. The summed E-state index contributed by atoms with van der Waals surface area (Å²) in [6.07, 6.45) is 2.07. The van der Waals surface area contributed by atoms with Gasteiger partial charge >= 0.3 is 0 Å². The molecule has 0 heterocycles. The van der Waals surface area contributed by atoms with Gasteiger partial charge < -0.3 is 11.1 Å². The molecule has 0 aliphatic rings. The maximum absolute atomic E-state index is 10.5. The van der Waals surface area contributed by atoms with Crippen molar-refractivity contribution in [1.82, 2.24) is 5.32 Å². The van der Waals surface area contributed by atoms with Crippen LogP contribution in [-0.2, 0) is 4.79 Å². The average molecular weight is 194 g/mol. The fourth-order valence-electron chi connectivity index (χ4n) is 1.04. The number of carbonyl (C=O) groups excluding carboxylic acids is 1. The van der Waals surface area contributed by atoms with Crippen LogP contribution in [-0.4, -0.2) is 12.5 Å². The molecule has 78 valence electrons. The molecular formula is C11H18N2O. The van der Waals surface area contributed by atoms with Crippen molar-refractivity contribution >= 4 is 5.91 Å². The summed E-state index contributed by atoms with van der Waals surface area (Å²) in [7, 11) is 0. The third-order valence-electron chi connectivity index (χ3n) is 1.80. The second kappa shape index (κ2) is 6.02. The van der Waals surface area contributed by atoms with E-state index in [-0.39, 0.29) is 5.91 Å². The minimum atomic E-state index is -0.310. The van der Waals surface area contributed by atoms with Crippen LogP contribution in [0.5, 0.6) is 0 Å². The first-order valence-corrected chi connectivity index (χ1v) is 4.50. The van der Waals surface area contributed by atoms with Crippen LogP contribution in [0.15, 0.2) is 36.1 Å². The zero-order valence-corrected chi connectivity index (χ0v) is 8.89. The lowest BCUT2D eigenvalue weighted by molar-refractivity contribution is -0.117. The standard InChI is InChI=1S/C11H18N2O/c1-5-9(4)11(8(2)3)13-7-6-10(12)14/h5,13H,1-2,6-7H2,3-4H3,(H2,12,14)/b11-9+. The summed E-state index contributed by atoms with van der Waals surface area (Å²) < 4.78 is 0. The molecule has 0 radical (unpaired) electrons. The van der Waals surface area contributed by atoms with Crippen molar-refractivity contribution in [3.8, 4) is 0 Å². The zero-order valence-electron chi connectivity index (χ0n) is 8.89. The van der Waals surface area contributed by atoms with Crippen LogP contribution in [0.3, 0.4) is 0 Å². The van der Waals surface area contributed by atoms with Crippen LogP contribution in [0.25, 0.3) is 0 Å². The number of allylic oxidation sites excluding steroid dienone is 3. The highest BCUT2D eigenvalue weighted by Gasteiger charge is 2.01. The van der Waals surface area contributed by atoms with Gasteiger partial charge in [0.25, 0.3) is 0 Å². The smallest absolute Gasteiger partial charge is 0.219 e. The summed E-state index contributed by atoms with van der Waals surface area (Å²) in [5, 5.41) is 3.11. The first-order chi connectivity index (χ1) is 6.49. The Morgan fingerprint density at radius 3 is 2.43 bits per heavy atom. The minimum absolute atomic E-state index is 0.310. The van der Waals surface area contributed by atoms with E-state index in [9.17, 15) is 4.79 Å². The van der Waals surface area contributed by atoms with Gasteiger partial charge in [0, 0.05) is 18.7 Å². The number of rotatable bonds is 6. The van der Waals surface area contributed by atoms with E-state index in [0.29, 0.717) is 13.0 Å². The van der Waals surface area contributed by atoms with Gasteiger partial charge in [0.15, 0.2) is 0 Å². The fraction of sp³-hybridized carbons (Fsp3) is 0.364. The Morgan fingerprint density at radius 1 is 1.50 bits per heavy atom. The number of hydrogen-bond donors (Lipinski definition) is 2. The molecule has 0 aromatic rings. The van der Waals surface area contributed by atoms with Crippen molar-refractivity contribution in [2.24, 2.45) is 5.73 Å². The quantitative estimate of drug-likeness (QED) is 0.629. The number of nitrogens with one attached hydrogen (secondary N) is 1. The van der Waals surface area contributed by atoms with E-state index in [1.54, 1.807) is 6.08 Å². The fourth-order valence-corrected chi connectivity index (χ4v) is 1.04. The summed E-state index contributed by atoms with van der Waals surface area (Å²) in [5.74, 6) is -0.310. The van der Waals surface area contributed by atoms with Gasteiger partial charge in [-0.25, -0.2) is 0 Å². The van der Waals surface area contributed by atoms with Gasteiger partial charge in [0.05, 0.1) is 0 Å². The molecule has 1 amide bonds. The summed E-state index contributed by atoms with van der Waals surface area (Å²) in [6.45, 7) is 11.9. The van der Waals surface area contributed by atoms with Gasteiger partial charge in [-0.2, -0.15) is 0 Å². The van der Waals surface area contributed by atoms with Gasteiger partial charge in [0.1, 0.15) is 0 Å². The van der Waals surface area contributed by atoms with E-state index in [1.807, 2.05) is 13.8 Å². The number of nitrogens with two attached hydrogens (primary N) is 1. The molecule has 0 aliphatic carbocycles. The molecule has 0 fully saturated rings. The van der Waals surface area contributed by atoms with Crippen LogP contribution in [0.4, 0.5) is 0 Å². The molecule has 0 aromatic carbocycles. The largest absolute Gasteiger partial charge is 0.384 e. The first-order valence-electron chi connectivity index (χ1n) is 4.50. The summed E-state index contributed by atoms with van der Waals surface area (Å²) in [4.78, 5) is 10.5. The third-order valence-corrected chi connectivity index (χ3v) is 1.80. The molecule has 3 N–H and O–H groups in total. The van der Waals surface area contributed by atoms with E-state index in [2.05, 4.69) is 18.5 Å². The Morgan fingerprint density at radius 2 is 2.07 bits per heavy atom. The van der Waals surface area contributed by atoms with Crippen molar-refractivity contribution in [2.75, 3.05) is 6.54 Å². The van der Waals surface area contributed by atoms with Gasteiger partial charge in [-0.15, -0.1) is 0 Å². The Hall–Kier alpha value is -1.51. The van der Waals surface area contributed by atoms with Crippen LogP contribution in [0.2, 0.25) is 0 Å². The van der Waals surface area contributed by atoms with Crippen molar-refractivity contribution < 1.29 is 4.79 Å². The molecular weight excluding hydrogens is 176 g/mol. The lowest BCUT2D eigenvalue weighted by Crippen LogP contribution is -2.22. The Balaban J connectivity index is 4.34. The molecule has 0 saturated heterocycles. The van der Waals surface area contributed by atoms with Gasteiger partial charge in [-0.1, -0.05) is 19.2 Å². The molecule has 0 atom stereocenters.